The highest BCUT2D eigenvalue weighted by molar-refractivity contribution is 6.32. The smallest absolute Gasteiger partial charge is 0.303 e. The summed E-state index contributed by atoms with van der Waals surface area (Å²) < 4.78 is 5.15. The summed E-state index contributed by atoms with van der Waals surface area (Å²) in [6.45, 7) is 1.96. The third-order valence-electron chi connectivity index (χ3n) is 2.91. The van der Waals surface area contributed by atoms with Crippen LogP contribution in [0.3, 0.4) is 0 Å². The summed E-state index contributed by atoms with van der Waals surface area (Å²) in [7, 11) is 3.38. The topological polar surface area (TPSA) is 58.6 Å². The number of carboxylic acid groups (broad SMARTS) is 1. The average molecular weight is 272 g/mol. The highest BCUT2D eigenvalue weighted by Gasteiger charge is 2.16. The van der Waals surface area contributed by atoms with Gasteiger partial charge in [0.05, 0.1) is 12.1 Å². The van der Waals surface area contributed by atoms with Gasteiger partial charge in [-0.3, -0.25) is 4.79 Å². The Morgan fingerprint density at radius 2 is 2.22 bits per heavy atom. The van der Waals surface area contributed by atoms with Crippen LogP contribution >= 0.6 is 11.6 Å². The van der Waals surface area contributed by atoms with Crippen LogP contribution in [0.2, 0.25) is 5.02 Å². The number of hydrogen-bond donors (Lipinski definition) is 2. The van der Waals surface area contributed by atoms with Crippen LogP contribution in [0.25, 0.3) is 0 Å². The van der Waals surface area contributed by atoms with Gasteiger partial charge in [-0.25, -0.2) is 0 Å². The Bertz CT molecular complexity index is 434. The van der Waals surface area contributed by atoms with E-state index in [4.69, 9.17) is 21.4 Å². The molecule has 0 aliphatic rings. The van der Waals surface area contributed by atoms with Gasteiger partial charge in [0.1, 0.15) is 5.75 Å². The first-order chi connectivity index (χ1) is 8.49. The van der Waals surface area contributed by atoms with Crippen LogP contribution in [0.15, 0.2) is 12.1 Å². The Morgan fingerprint density at radius 1 is 1.56 bits per heavy atom. The molecular formula is C13H18ClNO3. The fraction of sp³-hybridized carbons (Fsp3) is 0.462. The number of aryl methyl sites for hydroxylation is 1. The Kier molecular flexibility index (Phi) is 5.44. The quantitative estimate of drug-likeness (QED) is 0.835. The molecule has 5 heteroatoms. The molecule has 0 fully saturated rings. The van der Waals surface area contributed by atoms with Gasteiger partial charge in [-0.15, -0.1) is 0 Å². The first kappa shape index (κ1) is 14.8. The lowest BCUT2D eigenvalue weighted by Gasteiger charge is -2.19. The van der Waals surface area contributed by atoms with Crippen molar-refractivity contribution in [2.45, 2.75) is 25.8 Å². The summed E-state index contributed by atoms with van der Waals surface area (Å²) >= 11 is 6.10. The van der Waals surface area contributed by atoms with Gasteiger partial charge in [0.2, 0.25) is 0 Å². The molecule has 0 saturated carbocycles. The van der Waals surface area contributed by atoms with Crippen molar-refractivity contribution < 1.29 is 14.6 Å². The van der Waals surface area contributed by atoms with Crippen LogP contribution in [0.1, 0.15) is 30.0 Å². The largest absolute Gasteiger partial charge is 0.495 e. The summed E-state index contributed by atoms with van der Waals surface area (Å²) in [5, 5.41) is 12.4. The molecule has 0 aromatic heterocycles. The molecule has 0 radical (unpaired) electrons. The lowest BCUT2D eigenvalue weighted by atomic mass is 9.97. The van der Waals surface area contributed by atoms with E-state index in [1.54, 1.807) is 7.11 Å². The predicted molar refractivity (Wildman–Crippen MR) is 71.4 cm³/mol. The van der Waals surface area contributed by atoms with Gasteiger partial charge in [-0.05, 0) is 43.7 Å². The minimum atomic E-state index is -0.799. The van der Waals surface area contributed by atoms with Crippen molar-refractivity contribution in [1.82, 2.24) is 5.32 Å². The number of methoxy groups -OCH3 is 1. The zero-order valence-corrected chi connectivity index (χ0v) is 11.5. The van der Waals surface area contributed by atoms with E-state index in [0.717, 1.165) is 11.1 Å². The number of carboxylic acids is 1. The lowest BCUT2D eigenvalue weighted by Crippen LogP contribution is -2.18. The number of ether oxygens (including phenoxy) is 1. The molecule has 0 amide bonds. The van der Waals surface area contributed by atoms with Crippen molar-refractivity contribution in [3.05, 3.63) is 28.3 Å². The molecule has 0 aliphatic heterocycles. The number of aliphatic carboxylic acids is 1. The van der Waals surface area contributed by atoms with E-state index in [-0.39, 0.29) is 12.5 Å². The van der Waals surface area contributed by atoms with E-state index in [1.165, 1.54) is 0 Å². The maximum absolute atomic E-state index is 10.6. The second kappa shape index (κ2) is 6.61. The number of hydrogen-bond acceptors (Lipinski definition) is 3. The van der Waals surface area contributed by atoms with E-state index in [9.17, 15) is 4.79 Å². The summed E-state index contributed by atoms with van der Waals surface area (Å²) in [5.74, 6) is -0.168. The minimum absolute atomic E-state index is 0.0236. The highest BCUT2D eigenvalue weighted by Crippen LogP contribution is 2.32. The molecule has 1 aromatic carbocycles. The van der Waals surface area contributed by atoms with Gasteiger partial charge < -0.3 is 15.2 Å². The second-order valence-electron chi connectivity index (χ2n) is 4.12. The van der Waals surface area contributed by atoms with Gasteiger partial charge in [-0.2, -0.15) is 0 Å². The molecule has 4 nitrogen and oxygen atoms in total. The molecule has 0 bridgehead atoms. The van der Waals surface area contributed by atoms with E-state index in [0.29, 0.717) is 17.2 Å². The first-order valence-electron chi connectivity index (χ1n) is 5.72. The van der Waals surface area contributed by atoms with Crippen LogP contribution in [0.5, 0.6) is 5.75 Å². The van der Waals surface area contributed by atoms with Crippen LogP contribution in [-0.2, 0) is 4.79 Å². The van der Waals surface area contributed by atoms with E-state index >= 15 is 0 Å². The third-order valence-corrected chi connectivity index (χ3v) is 3.21. The summed E-state index contributed by atoms with van der Waals surface area (Å²) in [6.07, 6.45) is 0.643. The molecule has 1 rings (SSSR count). The Labute approximate surface area is 112 Å². The lowest BCUT2D eigenvalue weighted by molar-refractivity contribution is -0.137. The molecule has 100 valence electrons. The third kappa shape index (κ3) is 3.62. The van der Waals surface area contributed by atoms with Crippen molar-refractivity contribution in [2.75, 3.05) is 14.2 Å². The number of halogens is 1. The van der Waals surface area contributed by atoms with Crippen LogP contribution in [-0.4, -0.2) is 25.2 Å². The highest BCUT2D eigenvalue weighted by atomic mass is 35.5. The van der Waals surface area contributed by atoms with E-state index in [2.05, 4.69) is 5.32 Å². The molecule has 2 N–H and O–H groups in total. The van der Waals surface area contributed by atoms with Crippen LogP contribution < -0.4 is 10.1 Å². The standard InChI is InChI=1S/C13H18ClNO3/c1-8-6-12(18-3)10(14)7-9(8)11(15-2)4-5-13(16)17/h6-7,11,15H,4-5H2,1-3H3,(H,16,17). The molecule has 1 atom stereocenters. The monoisotopic (exact) mass is 271 g/mol. The zero-order chi connectivity index (χ0) is 13.7. The van der Waals surface area contributed by atoms with Gasteiger partial charge >= 0.3 is 5.97 Å². The molecule has 18 heavy (non-hydrogen) atoms. The van der Waals surface area contributed by atoms with Crippen molar-refractivity contribution in [3.8, 4) is 5.75 Å². The Hall–Kier alpha value is -1.26. The van der Waals surface area contributed by atoms with Gasteiger partial charge in [0, 0.05) is 12.5 Å². The normalized spacial score (nSPS) is 12.2. The average Bonchev–Trinajstić information content (AvgIpc) is 2.33. The molecular weight excluding hydrogens is 254 g/mol. The van der Waals surface area contributed by atoms with Crippen LogP contribution in [0.4, 0.5) is 0 Å². The van der Waals surface area contributed by atoms with Gasteiger partial charge in [-0.1, -0.05) is 11.6 Å². The first-order valence-corrected chi connectivity index (χ1v) is 6.10. The number of rotatable bonds is 6. The van der Waals surface area contributed by atoms with Gasteiger partial charge in [0.25, 0.3) is 0 Å². The second-order valence-corrected chi connectivity index (χ2v) is 4.52. The minimum Gasteiger partial charge on any atom is -0.495 e. The van der Waals surface area contributed by atoms with Crippen molar-refractivity contribution in [1.29, 1.82) is 0 Å². The number of carbonyl (C=O) groups is 1. The molecule has 0 aliphatic carbocycles. The molecule has 1 unspecified atom stereocenters. The molecule has 0 heterocycles. The predicted octanol–water partition coefficient (Wildman–Crippen LogP) is 2.78. The Balaban J connectivity index is 2.98. The van der Waals surface area contributed by atoms with Crippen molar-refractivity contribution in [3.63, 3.8) is 0 Å². The maximum atomic E-state index is 10.6. The zero-order valence-electron chi connectivity index (χ0n) is 10.8. The summed E-state index contributed by atoms with van der Waals surface area (Å²) in [5.41, 5.74) is 2.03. The summed E-state index contributed by atoms with van der Waals surface area (Å²) in [6, 6.07) is 3.67. The Morgan fingerprint density at radius 3 is 2.72 bits per heavy atom. The van der Waals surface area contributed by atoms with Crippen molar-refractivity contribution in [2.24, 2.45) is 0 Å². The molecule has 0 spiro atoms. The fourth-order valence-electron chi connectivity index (χ4n) is 1.93. The number of benzene rings is 1. The summed E-state index contributed by atoms with van der Waals surface area (Å²) in [4.78, 5) is 10.6. The van der Waals surface area contributed by atoms with Crippen LogP contribution in [0, 0.1) is 6.92 Å². The fourth-order valence-corrected chi connectivity index (χ4v) is 2.17. The van der Waals surface area contributed by atoms with E-state index in [1.807, 2.05) is 26.1 Å². The van der Waals surface area contributed by atoms with Crippen molar-refractivity contribution >= 4 is 17.6 Å². The number of nitrogens with one attached hydrogen (secondary N) is 1. The van der Waals surface area contributed by atoms with Gasteiger partial charge in [0.15, 0.2) is 0 Å². The molecule has 1 aromatic rings. The maximum Gasteiger partial charge on any atom is 0.303 e. The molecule has 0 saturated heterocycles. The SMILES string of the molecule is CNC(CCC(=O)O)c1cc(Cl)c(OC)cc1C. The van der Waals surface area contributed by atoms with E-state index < -0.39 is 5.97 Å².